The van der Waals surface area contributed by atoms with Crippen LogP contribution in [0, 0.1) is 0 Å². The molecule has 3 heteroatoms. The van der Waals surface area contributed by atoms with E-state index in [1.807, 2.05) is 6.33 Å². The zero-order chi connectivity index (χ0) is 13.6. The van der Waals surface area contributed by atoms with Crippen molar-refractivity contribution in [3.63, 3.8) is 0 Å². The van der Waals surface area contributed by atoms with Crippen LogP contribution in [0.4, 0.5) is 0 Å². The molecule has 108 valence electrons. The van der Waals surface area contributed by atoms with Crippen LogP contribution in [0.25, 0.3) is 0 Å². The lowest BCUT2D eigenvalue weighted by atomic mass is 10.1. The van der Waals surface area contributed by atoms with Gasteiger partial charge in [0.1, 0.15) is 18.4 Å². The molecule has 0 atom stereocenters. The summed E-state index contributed by atoms with van der Waals surface area (Å²) in [5.41, 5.74) is 3.99. The van der Waals surface area contributed by atoms with Gasteiger partial charge in [0, 0.05) is 6.42 Å². The minimum Gasteiger partial charge on any atom is -1.00 e. The van der Waals surface area contributed by atoms with Gasteiger partial charge in [0.05, 0.1) is 0 Å². The molecule has 0 amide bonds. The van der Waals surface area contributed by atoms with Crippen LogP contribution < -0.4 is 17.4 Å². The lowest BCUT2D eigenvalue weighted by Gasteiger charge is -1.97. The van der Waals surface area contributed by atoms with Crippen molar-refractivity contribution >= 4 is 0 Å². The highest BCUT2D eigenvalue weighted by molar-refractivity contribution is 5.16. The molecule has 21 heavy (non-hydrogen) atoms. The lowest BCUT2D eigenvalue weighted by molar-refractivity contribution is -0.389. The van der Waals surface area contributed by atoms with Crippen LogP contribution in [-0.2, 0) is 19.4 Å². The van der Waals surface area contributed by atoms with Crippen molar-refractivity contribution in [3.8, 4) is 0 Å². The van der Waals surface area contributed by atoms with Gasteiger partial charge in [0.2, 0.25) is 6.33 Å². The summed E-state index contributed by atoms with van der Waals surface area (Å²) in [4.78, 5) is 3.36. The standard InChI is InChI=1S/C18H18N2.ClH/c1-3-7-16(8-4-1)11-12-18-14-20(15-19-18)13-17-9-5-2-6-10-17;/h1-10,14-15H,11-13H2;1H. The molecule has 2 nitrogen and oxygen atoms in total. The molecule has 0 aliphatic heterocycles. The van der Waals surface area contributed by atoms with Gasteiger partial charge in [-0.05, 0) is 17.5 Å². The molecule has 0 bridgehead atoms. The first-order chi connectivity index (χ1) is 9.90. The third-order valence-electron chi connectivity index (χ3n) is 3.47. The van der Waals surface area contributed by atoms with E-state index in [4.69, 9.17) is 0 Å². The van der Waals surface area contributed by atoms with E-state index >= 15 is 0 Å². The summed E-state index contributed by atoms with van der Waals surface area (Å²) in [6, 6.07) is 21.1. The largest absolute Gasteiger partial charge is 1.00 e. The first kappa shape index (κ1) is 15.3. The summed E-state index contributed by atoms with van der Waals surface area (Å²) in [5, 5.41) is 0. The molecular weight excluding hydrogens is 280 g/mol. The van der Waals surface area contributed by atoms with Crippen molar-refractivity contribution in [1.29, 1.82) is 0 Å². The summed E-state index contributed by atoms with van der Waals surface area (Å²) in [6.07, 6.45) is 6.38. The van der Waals surface area contributed by atoms with Gasteiger partial charge < -0.3 is 12.4 Å². The zero-order valence-electron chi connectivity index (χ0n) is 11.9. The second-order valence-electron chi connectivity index (χ2n) is 5.07. The Hall–Kier alpha value is -2.06. The number of H-pyrrole nitrogens is 1. The number of aryl methyl sites for hydroxylation is 2. The first-order valence-electron chi connectivity index (χ1n) is 7.04. The Bertz CT molecular complexity index is 647. The van der Waals surface area contributed by atoms with Gasteiger partial charge in [0.25, 0.3) is 0 Å². The molecule has 1 heterocycles. The normalized spacial score (nSPS) is 10.1. The summed E-state index contributed by atoms with van der Waals surface area (Å²) in [6.45, 7) is 0.919. The van der Waals surface area contributed by atoms with Crippen LogP contribution >= 0.6 is 0 Å². The number of halogens is 1. The molecule has 0 aliphatic carbocycles. The number of hydrogen-bond donors (Lipinski definition) is 0. The molecule has 3 aromatic rings. The third kappa shape index (κ3) is 4.47. The molecule has 3 rings (SSSR count). The number of benzene rings is 2. The van der Waals surface area contributed by atoms with Gasteiger partial charge >= 0.3 is 0 Å². The van der Waals surface area contributed by atoms with Crippen molar-refractivity contribution in [1.82, 2.24) is 4.57 Å². The summed E-state index contributed by atoms with van der Waals surface area (Å²) >= 11 is 0. The molecule has 0 saturated carbocycles. The Morgan fingerprint density at radius 3 is 2.05 bits per heavy atom. The fraction of sp³-hybridized carbons (Fsp3) is 0.167. The van der Waals surface area contributed by atoms with Crippen LogP contribution in [0.3, 0.4) is 0 Å². The molecule has 0 fully saturated rings. The highest BCUT2D eigenvalue weighted by Gasteiger charge is 2.06. The first-order valence-corrected chi connectivity index (χ1v) is 7.04. The van der Waals surface area contributed by atoms with Gasteiger partial charge in [-0.1, -0.05) is 60.7 Å². The number of aromatic amines is 1. The Balaban J connectivity index is 0.00000161. The SMILES string of the molecule is [Cl-].c1ccc(CCc2cn(Cc3ccccc3)c[nH+]2)cc1. The second kappa shape index (κ2) is 7.65. The number of nitrogens with zero attached hydrogens (tertiary/aromatic N) is 1. The fourth-order valence-electron chi connectivity index (χ4n) is 2.39. The van der Waals surface area contributed by atoms with E-state index in [1.54, 1.807) is 0 Å². The summed E-state index contributed by atoms with van der Waals surface area (Å²) < 4.78 is 2.20. The average Bonchev–Trinajstić information content (AvgIpc) is 2.95. The maximum Gasteiger partial charge on any atom is 0.242 e. The molecule has 1 aromatic heterocycles. The molecule has 2 aromatic carbocycles. The summed E-state index contributed by atoms with van der Waals surface area (Å²) in [5.74, 6) is 0. The van der Waals surface area contributed by atoms with Crippen molar-refractivity contribution in [3.05, 3.63) is 90.0 Å². The summed E-state index contributed by atoms with van der Waals surface area (Å²) in [7, 11) is 0. The van der Waals surface area contributed by atoms with E-state index in [2.05, 4.69) is 76.4 Å². The van der Waals surface area contributed by atoms with Crippen molar-refractivity contribution in [2.24, 2.45) is 0 Å². The van der Waals surface area contributed by atoms with Crippen molar-refractivity contribution < 1.29 is 17.4 Å². The Kier molecular flexibility index (Phi) is 5.59. The topological polar surface area (TPSA) is 19.1 Å². The van der Waals surface area contributed by atoms with Crippen LogP contribution in [-0.4, -0.2) is 4.57 Å². The predicted octanol–water partition coefficient (Wildman–Crippen LogP) is 0.140. The third-order valence-corrected chi connectivity index (χ3v) is 3.47. The number of imidazole rings is 1. The lowest BCUT2D eigenvalue weighted by Crippen LogP contribution is -3.00. The minimum atomic E-state index is 0. The fourth-order valence-corrected chi connectivity index (χ4v) is 2.39. The van der Waals surface area contributed by atoms with E-state index in [0.717, 1.165) is 19.4 Å². The second-order valence-corrected chi connectivity index (χ2v) is 5.07. The monoisotopic (exact) mass is 298 g/mol. The van der Waals surface area contributed by atoms with Crippen LogP contribution in [0.2, 0.25) is 0 Å². The van der Waals surface area contributed by atoms with Gasteiger partial charge in [-0.2, -0.15) is 0 Å². The molecule has 0 saturated heterocycles. The number of aromatic nitrogens is 2. The van der Waals surface area contributed by atoms with E-state index in [-0.39, 0.29) is 12.4 Å². The minimum absolute atomic E-state index is 0. The molecule has 0 unspecified atom stereocenters. The van der Waals surface area contributed by atoms with Crippen LogP contribution in [0.1, 0.15) is 16.8 Å². The van der Waals surface area contributed by atoms with Gasteiger partial charge in [-0.15, -0.1) is 0 Å². The highest BCUT2D eigenvalue weighted by atomic mass is 35.5. The number of rotatable bonds is 5. The van der Waals surface area contributed by atoms with E-state index < -0.39 is 0 Å². The maximum absolute atomic E-state index is 3.36. The Morgan fingerprint density at radius 1 is 0.762 bits per heavy atom. The highest BCUT2D eigenvalue weighted by Crippen LogP contribution is 2.05. The average molecular weight is 299 g/mol. The number of nitrogens with one attached hydrogen (secondary N) is 1. The van der Waals surface area contributed by atoms with E-state index in [1.165, 1.54) is 16.8 Å². The molecular formula is C18H19ClN2. The van der Waals surface area contributed by atoms with Gasteiger partial charge in [-0.3, -0.25) is 0 Å². The van der Waals surface area contributed by atoms with E-state index in [0.29, 0.717) is 0 Å². The molecule has 0 spiro atoms. The van der Waals surface area contributed by atoms with Crippen molar-refractivity contribution in [2.75, 3.05) is 0 Å². The Labute approximate surface area is 131 Å². The predicted molar refractivity (Wildman–Crippen MR) is 80.4 cm³/mol. The zero-order valence-corrected chi connectivity index (χ0v) is 12.6. The van der Waals surface area contributed by atoms with Crippen LogP contribution in [0.15, 0.2) is 73.2 Å². The Morgan fingerprint density at radius 2 is 1.38 bits per heavy atom. The van der Waals surface area contributed by atoms with Gasteiger partial charge in [-0.25, -0.2) is 9.55 Å². The van der Waals surface area contributed by atoms with Crippen LogP contribution in [0.5, 0.6) is 0 Å². The van der Waals surface area contributed by atoms with Crippen molar-refractivity contribution in [2.45, 2.75) is 19.4 Å². The molecule has 1 N–H and O–H groups in total. The maximum atomic E-state index is 3.36. The van der Waals surface area contributed by atoms with Gasteiger partial charge in [0.15, 0.2) is 0 Å². The smallest absolute Gasteiger partial charge is 0.242 e. The number of hydrogen-bond acceptors (Lipinski definition) is 0. The van der Waals surface area contributed by atoms with E-state index in [9.17, 15) is 0 Å². The molecule has 0 radical (unpaired) electrons. The molecule has 0 aliphatic rings. The quantitative estimate of drug-likeness (QED) is 0.638.